The first-order chi connectivity index (χ1) is 7.77. The highest BCUT2D eigenvalue weighted by atomic mass is 32.2. The number of rotatable bonds is 7. The van der Waals surface area contributed by atoms with Crippen molar-refractivity contribution in [3.8, 4) is 0 Å². The maximum Gasteiger partial charge on any atom is 0.162 e. The van der Waals surface area contributed by atoms with Gasteiger partial charge in [-0.25, -0.2) is 0 Å². The van der Waals surface area contributed by atoms with Gasteiger partial charge in [-0.1, -0.05) is 38.8 Å². The Labute approximate surface area is 103 Å². The normalized spacial score (nSPS) is 10.4. The van der Waals surface area contributed by atoms with Gasteiger partial charge in [-0.2, -0.15) is 0 Å². The largest absolute Gasteiger partial charge is 0.294 e. The summed E-state index contributed by atoms with van der Waals surface area (Å²) in [6.45, 7) is 4.29. The summed E-state index contributed by atoms with van der Waals surface area (Å²) in [6, 6.07) is 7.99. The molecule has 16 heavy (non-hydrogen) atoms. The lowest BCUT2D eigenvalue weighted by Gasteiger charge is -2.02. The summed E-state index contributed by atoms with van der Waals surface area (Å²) in [6.07, 6.45) is 4.02. The molecule has 0 spiro atoms. The Morgan fingerprint density at radius 1 is 1.12 bits per heavy atom. The third-order valence-electron chi connectivity index (χ3n) is 2.49. The first-order valence-corrected chi connectivity index (χ1v) is 7.02. The smallest absolute Gasteiger partial charge is 0.162 e. The summed E-state index contributed by atoms with van der Waals surface area (Å²) in [5.74, 6) is 1.35. The molecule has 0 aliphatic rings. The highest BCUT2D eigenvalue weighted by molar-refractivity contribution is 7.99. The van der Waals surface area contributed by atoms with Crippen LogP contribution in [0, 0.1) is 0 Å². The predicted octanol–water partition coefficient (Wildman–Crippen LogP) is 4.56. The molecule has 0 saturated carbocycles. The molecule has 0 atom stereocenters. The standard InChI is InChI=1S/C14H20OS/c1-3-5-6-7-14(15)12-8-10-13(11-9-12)16-4-2/h8-11H,3-7H2,1-2H3. The summed E-state index contributed by atoms with van der Waals surface area (Å²) < 4.78 is 0. The van der Waals surface area contributed by atoms with E-state index >= 15 is 0 Å². The van der Waals surface area contributed by atoms with E-state index in [1.165, 1.54) is 11.3 Å². The van der Waals surface area contributed by atoms with Crippen molar-refractivity contribution < 1.29 is 4.79 Å². The third-order valence-corrected chi connectivity index (χ3v) is 3.39. The molecule has 0 saturated heterocycles. The van der Waals surface area contributed by atoms with E-state index in [-0.39, 0.29) is 5.78 Å². The van der Waals surface area contributed by atoms with E-state index in [2.05, 4.69) is 13.8 Å². The average Bonchev–Trinajstić information content (AvgIpc) is 2.30. The molecular weight excluding hydrogens is 216 g/mol. The Balaban J connectivity index is 2.49. The topological polar surface area (TPSA) is 17.1 Å². The summed E-state index contributed by atoms with van der Waals surface area (Å²) in [7, 11) is 0. The zero-order valence-electron chi connectivity index (χ0n) is 10.2. The third kappa shape index (κ3) is 4.40. The monoisotopic (exact) mass is 236 g/mol. The zero-order valence-corrected chi connectivity index (χ0v) is 11.0. The Morgan fingerprint density at radius 3 is 2.38 bits per heavy atom. The summed E-state index contributed by atoms with van der Waals surface area (Å²) in [4.78, 5) is 13.0. The second kappa shape index (κ2) is 7.50. The van der Waals surface area contributed by atoms with Crippen molar-refractivity contribution in [2.24, 2.45) is 0 Å². The van der Waals surface area contributed by atoms with Crippen LogP contribution in [0.3, 0.4) is 0 Å². The summed E-state index contributed by atoms with van der Waals surface area (Å²) in [5, 5.41) is 0. The van der Waals surface area contributed by atoms with Crippen molar-refractivity contribution in [1.82, 2.24) is 0 Å². The number of unbranched alkanes of at least 4 members (excludes halogenated alkanes) is 2. The Hall–Kier alpha value is -0.760. The van der Waals surface area contributed by atoms with Gasteiger partial charge < -0.3 is 0 Å². The van der Waals surface area contributed by atoms with Gasteiger partial charge in [0.1, 0.15) is 0 Å². The van der Waals surface area contributed by atoms with Gasteiger partial charge in [0, 0.05) is 16.9 Å². The van der Waals surface area contributed by atoms with Crippen LogP contribution in [-0.4, -0.2) is 11.5 Å². The molecule has 0 bridgehead atoms. The van der Waals surface area contributed by atoms with Crippen LogP contribution < -0.4 is 0 Å². The number of ketones is 1. The van der Waals surface area contributed by atoms with Crippen LogP contribution in [0.4, 0.5) is 0 Å². The van der Waals surface area contributed by atoms with Crippen molar-refractivity contribution in [3.05, 3.63) is 29.8 Å². The zero-order chi connectivity index (χ0) is 11.8. The van der Waals surface area contributed by atoms with Crippen molar-refractivity contribution >= 4 is 17.5 Å². The van der Waals surface area contributed by atoms with Crippen molar-refractivity contribution in [2.45, 2.75) is 44.4 Å². The highest BCUT2D eigenvalue weighted by Gasteiger charge is 2.04. The van der Waals surface area contributed by atoms with Gasteiger partial charge in [0.2, 0.25) is 0 Å². The van der Waals surface area contributed by atoms with Gasteiger partial charge in [-0.05, 0) is 24.3 Å². The van der Waals surface area contributed by atoms with Crippen LogP contribution in [-0.2, 0) is 0 Å². The molecule has 0 radical (unpaired) electrons. The molecule has 0 amide bonds. The molecular formula is C14H20OS. The molecule has 0 aliphatic carbocycles. The minimum atomic E-state index is 0.279. The fourth-order valence-electron chi connectivity index (χ4n) is 1.58. The molecule has 0 N–H and O–H groups in total. The Kier molecular flexibility index (Phi) is 6.24. The minimum absolute atomic E-state index is 0.279. The van der Waals surface area contributed by atoms with Crippen LogP contribution >= 0.6 is 11.8 Å². The van der Waals surface area contributed by atoms with Gasteiger partial charge in [0.15, 0.2) is 5.78 Å². The Bertz CT molecular complexity index is 316. The number of hydrogen-bond donors (Lipinski definition) is 0. The number of carbonyl (C=O) groups excluding carboxylic acids is 1. The molecule has 1 aromatic carbocycles. The lowest BCUT2D eigenvalue weighted by molar-refractivity contribution is 0.0979. The fraction of sp³-hybridized carbons (Fsp3) is 0.500. The van der Waals surface area contributed by atoms with Gasteiger partial charge in [0.05, 0.1) is 0 Å². The van der Waals surface area contributed by atoms with E-state index in [9.17, 15) is 4.79 Å². The quantitative estimate of drug-likeness (QED) is 0.392. The first kappa shape index (κ1) is 13.3. The van der Waals surface area contributed by atoms with E-state index in [0.717, 1.165) is 24.2 Å². The molecule has 0 unspecified atom stereocenters. The number of Topliss-reactive ketones (excluding diaryl/α,β-unsaturated/α-hetero) is 1. The van der Waals surface area contributed by atoms with Crippen LogP contribution in [0.2, 0.25) is 0 Å². The van der Waals surface area contributed by atoms with Gasteiger partial charge in [-0.15, -0.1) is 11.8 Å². The number of benzene rings is 1. The summed E-state index contributed by atoms with van der Waals surface area (Å²) in [5.41, 5.74) is 0.858. The predicted molar refractivity (Wildman–Crippen MR) is 71.3 cm³/mol. The molecule has 1 nitrogen and oxygen atoms in total. The van der Waals surface area contributed by atoms with Gasteiger partial charge >= 0.3 is 0 Å². The molecule has 1 aromatic rings. The van der Waals surface area contributed by atoms with E-state index in [1.54, 1.807) is 11.8 Å². The van der Waals surface area contributed by atoms with E-state index < -0.39 is 0 Å². The maximum atomic E-state index is 11.8. The van der Waals surface area contributed by atoms with E-state index in [1.807, 2.05) is 24.3 Å². The minimum Gasteiger partial charge on any atom is -0.294 e. The lowest BCUT2D eigenvalue weighted by Crippen LogP contribution is -1.98. The second-order valence-electron chi connectivity index (χ2n) is 3.84. The SMILES string of the molecule is CCCCCC(=O)c1ccc(SCC)cc1. The van der Waals surface area contributed by atoms with Gasteiger partial charge in [0.25, 0.3) is 0 Å². The van der Waals surface area contributed by atoms with Crippen LogP contribution in [0.15, 0.2) is 29.2 Å². The Morgan fingerprint density at radius 2 is 1.81 bits per heavy atom. The van der Waals surface area contributed by atoms with Crippen molar-refractivity contribution in [1.29, 1.82) is 0 Å². The molecule has 2 heteroatoms. The van der Waals surface area contributed by atoms with Crippen molar-refractivity contribution in [2.75, 3.05) is 5.75 Å². The molecule has 0 heterocycles. The van der Waals surface area contributed by atoms with Crippen LogP contribution in [0.5, 0.6) is 0 Å². The summed E-state index contributed by atoms with van der Waals surface area (Å²) >= 11 is 1.81. The van der Waals surface area contributed by atoms with Gasteiger partial charge in [-0.3, -0.25) is 4.79 Å². The molecule has 88 valence electrons. The molecule has 0 fully saturated rings. The maximum absolute atomic E-state index is 11.8. The second-order valence-corrected chi connectivity index (χ2v) is 5.18. The molecule has 1 rings (SSSR count). The van der Waals surface area contributed by atoms with Crippen LogP contribution in [0.1, 0.15) is 49.9 Å². The number of hydrogen-bond acceptors (Lipinski definition) is 2. The number of carbonyl (C=O) groups is 1. The van der Waals surface area contributed by atoms with E-state index in [4.69, 9.17) is 0 Å². The van der Waals surface area contributed by atoms with Crippen LogP contribution in [0.25, 0.3) is 0 Å². The molecule has 0 aromatic heterocycles. The average molecular weight is 236 g/mol. The first-order valence-electron chi connectivity index (χ1n) is 6.04. The number of thioether (sulfide) groups is 1. The lowest BCUT2D eigenvalue weighted by atomic mass is 10.1. The fourth-order valence-corrected chi connectivity index (χ4v) is 2.25. The molecule has 0 aliphatic heterocycles. The highest BCUT2D eigenvalue weighted by Crippen LogP contribution is 2.18. The van der Waals surface area contributed by atoms with Crippen molar-refractivity contribution in [3.63, 3.8) is 0 Å². The van der Waals surface area contributed by atoms with E-state index in [0.29, 0.717) is 6.42 Å².